The molecule has 0 amide bonds. The standard InChI is InChI=1S/C4H8O2.C2H4O2/c1-4-2-5-3-6-4;1-2(3)4/h4H,2-3H2,1H3;1H3,(H,3,4). The molecule has 0 aliphatic carbocycles. The summed E-state index contributed by atoms with van der Waals surface area (Å²) >= 11 is 0. The molecule has 4 heteroatoms. The average molecular weight is 148 g/mol. The molecule has 1 atom stereocenters. The first-order chi connectivity index (χ1) is 4.63. The maximum absolute atomic E-state index is 9.00. The number of ether oxygens (including phenoxy) is 2. The zero-order chi connectivity index (χ0) is 7.98. The van der Waals surface area contributed by atoms with Crippen LogP contribution in [0.3, 0.4) is 0 Å². The summed E-state index contributed by atoms with van der Waals surface area (Å²) in [5, 5.41) is 7.42. The summed E-state index contributed by atoms with van der Waals surface area (Å²) in [6.45, 7) is 4.33. The van der Waals surface area contributed by atoms with Gasteiger partial charge in [-0.2, -0.15) is 0 Å². The van der Waals surface area contributed by atoms with Gasteiger partial charge < -0.3 is 14.6 Å². The predicted octanol–water partition coefficient (Wildman–Crippen LogP) is 0.470. The van der Waals surface area contributed by atoms with Crippen molar-refractivity contribution in [2.24, 2.45) is 0 Å². The predicted molar refractivity (Wildman–Crippen MR) is 34.7 cm³/mol. The second kappa shape index (κ2) is 5.20. The van der Waals surface area contributed by atoms with Crippen LogP contribution in [0.1, 0.15) is 13.8 Å². The van der Waals surface area contributed by atoms with Crippen molar-refractivity contribution in [3.63, 3.8) is 0 Å². The van der Waals surface area contributed by atoms with Crippen LogP contribution in [0.25, 0.3) is 0 Å². The van der Waals surface area contributed by atoms with Crippen LogP contribution in [0, 0.1) is 0 Å². The summed E-state index contributed by atoms with van der Waals surface area (Å²) in [6, 6.07) is 0. The first-order valence-electron chi connectivity index (χ1n) is 3.02. The second-order valence-electron chi connectivity index (χ2n) is 1.98. The normalized spacial score (nSPS) is 23.2. The number of aliphatic carboxylic acids is 1. The van der Waals surface area contributed by atoms with Gasteiger partial charge >= 0.3 is 0 Å². The molecule has 0 aromatic rings. The molecular formula is C6H12O4. The molecule has 0 aromatic carbocycles. The lowest BCUT2D eigenvalue weighted by atomic mass is 10.5. The van der Waals surface area contributed by atoms with E-state index < -0.39 is 5.97 Å². The van der Waals surface area contributed by atoms with Crippen LogP contribution in [0.5, 0.6) is 0 Å². The second-order valence-corrected chi connectivity index (χ2v) is 1.98. The molecule has 0 radical (unpaired) electrons. The number of carbonyl (C=O) groups is 1. The maximum atomic E-state index is 9.00. The molecule has 1 saturated heterocycles. The van der Waals surface area contributed by atoms with Crippen LogP contribution in [0.2, 0.25) is 0 Å². The lowest BCUT2D eigenvalue weighted by Gasteiger charge is -1.90. The third-order valence-corrected chi connectivity index (χ3v) is 0.788. The highest BCUT2D eigenvalue weighted by molar-refractivity contribution is 5.62. The first kappa shape index (κ1) is 9.39. The highest BCUT2D eigenvalue weighted by atomic mass is 16.7. The van der Waals surface area contributed by atoms with E-state index in [0.717, 1.165) is 13.5 Å². The molecule has 10 heavy (non-hydrogen) atoms. The molecule has 4 nitrogen and oxygen atoms in total. The van der Waals surface area contributed by atoms with Gasteiger partial charge in [0, 0.05) is 6.92 Å². The Hall–Kier alpha value is -0.610. The molecule has 1 fully saturated rings. The Kier molecular flexibility index (Phi) is 4.88. The lowest BCUT2D eigenvalue weighted by molar-refractivity contribution is -0.134. The third-order valence-electron chi connectivity index (χ3n) is 0.788. The molecule has 1 unspecified atom stereocenters. The number of rotatable bonds is 0. The molecular weight excluding hydrogens is 136 g/mol. The van der Waals surface area contributed by atoms with Crippen molar-refractivity contribution in [1.29, 1.82) is 0 Å². The van der Waals surface area contributed by atoms with Gasteiger partial charge in [-0.3, -0.25) is 4.79 Å². The van der Waals surface area contributed by atoms with Gasteiger partial charge in [-0.15, -0.1) is 0 Å². The summed E-state index contributed by atoms with van der Waals surface area (Å²) < 4.78 is 9.77. The summed E-state index contributed by atoms with van der Waals surface area (Å²) in [5.74, 6) is -0.833. The van der Waals surface area contributed by atoms with E-state index in [-0.39, 0.29) is 0 Å². The fourth-order valence-corrected chi connectivity index (χ4v) is 0.426. The summed E-state index contributed by atoms with van der Waals surface area (Å²) in [7, 11) is 0. The van der Waals surface area contributed by atoms with Crippen LogP contribution in [0.15, 0.2) is 0 Å². The Morgan fingerprint density at radius 3 is 2.30 bits per heavy atom. The van der Waals surface area contributed by atoms with E-state index in [1.54, 1.807) is 0 Å². The molecule has 0 spiro atoms. The van der Waals surface area contributed by atoms with E-state index >= 15 is 0 Å². The molecule has 1 heterocycles. The van der Waals surface area contributed by atoms with Gasteiger partial charge in [-0.05, 0) is 6.92 Å². The molecule has 0 aromatic heterocycles. The summed E-state index contributed by atoms with van der Waals surface area (Å²) in [4.78, 5) is 9.00. The summed E-state index contributed by atoms with van der Waals surface area (Å²) in [6.07, 6.45) is 0.324. The van der Waals surface area contributed by atoms with E-state index in [4.69, 9.17) is 19.4 Å². The van der Waals surface area contributed by atoms with Crippen LogP contribution < -0.4 is 0 Å². The Bertz CT molecular complexity index is 91.9. The smallest absolute Gasteiger partial charge is 0.300 e. The maximum Gasteiger partial charge on any atom is 0.300 e. The van der Waals surface area contributed by atoms with Gasteiger partial charge in [0.1, 0.15) is 6.79 Å². The van der Waals surface area contributed by atoms with Crippen molar-refractivity contribution in [3.8, 4) is 0 Å². The Labute approximate surface area is 59.7 Å². The summed E-state index contributed by atoms with van der Waals surface area (Å²) in [5.41, 5.74) is 0. The van der Waals surface area contributed by atoms with E-state index in [0.29, 0.717) is 12.9 Å². The van der Waals surface area contributed by atoms with Crippen molar-refractivity contribution in [3.05, 3.63) is 0 Å². The third kappa shape index (κ3) is 7.39. The van der Waals surface area contributed by atoms with Gasteiger partial charge in [-0.25, -0.2) is 0 Å². The number of hydrogen-bond acceptors (Lipinski definition) is 3. The van der Waals surface area contributed by atoms with E-state index in [1.165, 1.54) is 0 Å². The molecule has 60 valence electrons. The Morgan fingerprint density at radius 2 is 2.20 bits per heavy atom. The molecule has 1 rings (SSSR count). The molecule has 1 N–H and O–H groups in total. The number of carboxylic acid groups (broad SMARTS) is 1. The van der Waals surface area contributed by atoms with Crippen molar-refractivity contribution in [2.45, 2.75) is 20.0 Å². The van der Waals surface area contributed by atoms with Gasteiger partial charge in [0.2, 0.25) is 0 Å². The van der Waals surface area contributed by atoms with Gasteiger partial charge in [-0.1, -0.05) is 0 Å². The SMILES string of the molecule is CC(=O)O.CC1COCO1. The van der Waals surface area contributed by atoms with Crippen molar-refractivity contribution < 1.29 is 19.4 Å². The minimum Gasteiger partial charge on any atom is -0.481 e. The monoisotopic (exact) mass is 148 g/mol. The number of hydrogen-bond donors (Lipinski definition) is 1. The first-order valence-corrected chi connectivity index (χ1v) is 3.02. The van der Waals surface area contributed by atoms with Crippen LogP contribution in [-0.2, 0) is 14.3 Å². The zero-order valence-corrected chi connectivity index (χ0v) is 6.16. The number of carboxylic acids is 1. The Balaban J connectivity index is 0.000000180. The van der Waals surface area contributed by atoms with Crippen molar-refractivity contribution in [1.82, 2.24) is 0 Å². The minimum absolute atomic E-state index is 0.324. The quantitative estimate of drug-likeness (QED) is 0.542. The molecule has 0 bridgehead atoms. The van der Waals surface area contributed by atoms with Gasteiger partial charge in [0.05, 0.1) is 12.7 Å². The van der Waals surface area contributed by atoms with Crippen molar-refractivity contribution in [2.75, 3.05) is 13.4 Å². The highest BCUT2D eigenvalue weighted by Crippen LogP contribution is 1.98. The van der Waals surface area contributed by atoms with E-state index in [9.17, 15) is 0 Å². The fourth-order valence-electron chi connectivity index (χ4n) is 0.426. The molecule has 1 aliphatic heterocycles. The van der Waals surface area contributed by atoms with Gasteiger partial charge in [0.15, 0.2) is 0 Å². The largest absolute Gasteiger partial charge is 0.481 e. The van der Waals surface area contributed by atoms with Gasteiger partial charge in [0.25, 0.3) is 5.97 Å². The fraction of sp³-hybridized carbons (Fsp3) is 0.833. The molecule has 0 saturated carbocycles. The average Bonchev–Trinajstić information content (AvgIpc) is 2.15. The lowest BCUT2D eigenvalue weighted by Crippen LogP contribution is -2.00. The van der Waals surface area contributed by atoms with Crippen molar-refractivity contribution >= 4 is 5.97 Å². The van der Waals surface area contributed by atoms with E-state index in [2.05, 4.69) is 0 Å². The van der Waals surface area contributed by atoms with Crippen LogP contribution in [-0.4, -0.2) is 30.6 Å². The van der Waals surface area contributed by atoms with E-state index in [1.807, 2.05) is 6.92 Å². The highest BCUT2D eigenvalue weighted by Gasteiger charge is 2.07. The van der Waals surface area contributed by atoms with Crippen LogP contribution in [0.4, 0.5) is 0 Å². The zero-order valence-electron chi connectivity index (χ0n) is 6.16. The van der Waals surface area contributed by atoms with Crippen LogP contribution >= 0.6 is 0 Å². The topological polar surface area (TPSA) is 55.8 Å². The minimum atomic E-state index is -0.833. The Morgan fingerprint density at radius 1 is 1.70 bits per heavy atom. The molecule has 1 aliphatic rings.